The highest BCUT2D eigenvalue weighted by molar-refractivity contribution is 8.00. The topological polar surface area (TPSA) is 118 Å². The van der Waals surface area contributed by atoms with Crippen LogP contribution in [0.3, 0.4) is 0 Å². The Morgan fingerprint density at radius 2 is 1.86 bits per heavy atom. The minimum Gasteiger partial charge on any atom is -0.497 e. The van der Waals surface area contributed by atoms with Crippen LogP contribution in [-0.4, -0.2) is 40.7 Å². The van der Waals surface area contributed by atoms with Crippen LogP contribution in [0.15, 0.2) is 71.0 Å². The maximum absolute atomic E-state index is 12.7. The van der Waals surface area contributed by atoms with E-state index in [2.05, 4.69) is 15.6 Å². The molecular weight excluding hydrogens is 498 g/mol. The lowest BCUT2D eigenvalue weighted by molar-refractivity contribution is -0.146. The molecule has 1 heterocycles. The number of rotatable bonds is 9. The van der Waals surface area contributed by atoms with Gasteiger partial charge in [-0.3, -0.25) is 14.4 Å². The number of aliphatic carboxylic acids is 1. The largest absolute Gasteiger partial charge is 0.497 e. The van der Waals surface area contributed by atoms with Crippen molar-refractivity contribution in [3.05, 3.63) is 66.1 Å². The maximum atomic E-state index is 12.7. The summed E-state index contributed by atoms with van der Waals surface area (Å²) in [7, 11) is 1.61. The van der Waals surface area contributed by atoms with E-state index in [9.17, 15) is 19.5 Å². The van der Waals surface area contributed by atoms with Crippen molar-refractivity contribution in [3.63, 3.8) is 0 Å². The number of hydrogen-bond acceptors (Lipinski definition) is 7. The second kappa shape index (κ2) is 11.9. The van der Waals surface area contributed by atoms with Gasteiger partial charge in [0, 0.05) is 21.5 Å². The molecule has 4 rings (SSSR count). The van der Waals surface area contributed by atoms with Crippen LogP contribution < -0.4 is 15.4 Å². The van der Waals surface area contributed by atoms with Crippen LogP contribution in [0.25, 0.3) is 11.3 Å². The zero-order valence-electron chi connectivity index (χ0n) is 19.5. The molecule has 0 bridgehead atoms. The molecule has 0 saturated carbocycles. The Kier molecular flexibility index (Phi) is 8.40. The number of aromatic nitrogens is 1. The molecule has 0 aliphatic heterocycles. The predicted octanol–water partition coefficient (Wildman–Crippen LogP) is 5.16. The molecule has 1 aliphatic carbocycles. The fraction of sp³-hybridized carbons (Fsp3) is 0.231. The number of thiazole rings is 1. The second-order valence-electron chi connectivity index (χ2n) is 8.12. The van der Waals surface area contributed by atoms with Crippen molar-refractivity contribution >= 4 is 51.7 Å². The number of carboxylic acid groups (broad SMARTS) is 1. The number of anilines is 2. The Morgan fingerprint density at radius 1 is 1.08 bits per heavy atom. The molecule has 36 heavy (non-hydrogen) atoms. The Morgan fingerprint density at radius 3 is 2.64 bits per heavy atom. The lowest BCUT2D eigenvalue weighted by atomic mass is 9.82. The minimum absolute atomic E-state index is 0.167. The molecule has 2 aromatic carbocycles. The Bertz CT molecular complexity index is 1290. The van der Waals surface area contributed by atoms with Gasteiger partial charge in [0.25, 0.3) is 0 Å². The van der Waals surface area contributed by atoms with Crippen molar-refractivity contribution in [2.24, 2.45) is 11.8 Å². The Balaban J connectivity index is 1.31. The SMILES string of the molecule is COc1cccc(-c2csc(NC(=O)CSc3cccc(NC(=O)C4CC=CCC4C(=O)O)c3)n2)c1. The number of amides is 2. The smallest absolute Gasteiger partial charge is 0.307 e. The van der Waals surface area contributed by atoms with Gasteiger partial charge in [0.15, 0.2) is 5.13 Å². The number of benzene rings is 2. The number of carboxylic acids is 1. The molecule has 8 nitrogen and oxygen atoms in total. The van der Waals surface area contributed by atoms with Crippen LogP contribution in [0.1, 0.15) is 12.8 Å². The van der Waals surface area contributed by atoms with Gasteiger partial charge in [0.1, 0.15) is 5.75 Å². The monoisotopic (exact) mass is 523 g/mol. The van der Waals surface area contributed by atoms with E-state index in [0.717, 1.165) is 21.9 Å². The van der Waals surface area contributed by atoms with Gasteiger partial charge in [-0.2, -0.15) is 0 Å². The van der Waals surface area contributed by atoms with Crippen molar-refractivity contribution in [2.75, 3.05) is 23.5 Å². The molecule has 2 atom stereocenters. The third-order valence-electron chi connectivity index (χ3n) is 5.67. The predicted molar refractivity (Wildman–Crippen MR) is 142 cm³/mol. The number of nitrogens with one attached hydrogen (secondary N) is 2. The van der Waals surface area contributed by atoms with Gasteiger partial charge in [-0.1, -0.05) is 30.4 Å². The summed E-state index contributed by atoms with van der Waals surface area (Å²) >= 11 is 2.68. The van der Waals surface area contributed by atoms with Gasteiger partial charge in [-0.25, -0.2) is 4.98 Å². The highest BCUT2D eigenvalue weighted by atomic mass is 32.2. The van der Waals surface area contributed by atoms with Gasteiger partial charge in [0.2, 0.25) is 11.8 Å². The summed E-state index contributed by atoms with van der Waals surface area (Å²) in [6.07, 6.45) is 4.39. The van der Waals surface area contributed by atoms with Gasteiger partial charge < -0.3 is 20.5 Å². The first-order chi connectivity index (χ1) is 17.4. The number of carbonyl (C=O) groups is 3. The first-order valence-electron chi connectivity index (χ1n) is 11.2. The van der Waals surface area contributed by atoms with Gasteiger partial charge in [-0.15, -0.1) is 23.1 Å². The van der Waals surface area contributed by atoms with E-state index in [-0.39, 0.29) is 17.6 Å². The Hall–Kier alpha value is -3.63. The summed E-state index contributed by atoms with van der Waals surface area (Å²) < 4.78 is 5.25. The van der Waals surface area contributed by atoms with E-state index < -0.39 is 17.8 Å². The van der Waals surface area contributed by atoms with Gasteiger partial charge in [-0.05, 0) is 43.2 Å². The zero-order chi connectivity index (χ0) is 25.5. The number of carbonyl (C=O) groups excluding carboxylic acids is 2. The van der Waals surface area contributed by atoms with Crippen molar-refractivity contribution in [1.82, 2.24) is 4.98 Å². The fourth-order valence-corrected chi connectivity index (χ4v) is 5.32. The molecule has 0 saturated heterocycles. The molecule has 10 heteroatoms. The number of methoxy groups -OCH3 is 1. The first kappa shape index (κ1) is 25.5. The number of ether oxygens (including phenoxy) is 1. The molecule has 0 spiro atoms. The van der Waals surface area contributed by atoms with E-state index in [1.165, 1.54) is 23.1 Å². The van der Waals surface area contributed by atoms with Crippen LogP contribution in [0.5, 0.6) is 5.75 Å². The zero-order valence-corrected chi connectivity index (χ0v) is 21.1. The summed E-state index contributed by atoms with van der Waals surface area (Å²) in [5, 5.41) is 17.4. The number of nitrogens with zero attached hydrogens (tertiary/aromatic N) is 1. The quantitative estimate of drug-likeness (QED) is 0.262. The third kappa shape index (κ3) is 6.52. The van der Waals surface area contributed by atoms with Gasteiger partial charge in [0.05, 0.1) is 30.4 Å². The highest BCUT2D eigenvalue weighted by Crippen LogP contribution is 2.29. The highest BCUT2D eigenvalue weighted by Gasteiger charge is 2.33. The standard InChI is InChI=1S/C26H25N3O5S2/c1-34-18-8-4-6-16(12-18)22-14-36-26(28-22)29-23(30)15-35-19-9-5-7-17(13-19)27-24(31)20-10-2-3-11-21(20)25(32)33/h2-9,12-14,20-21H,10-11,15H2,1H3,(H,27,31)(H,32,33)(H,28,29,30). The van der Waals surface area contributed by atoms with Crippen LogP contribution in [-0.2, 0) is 14.4 Å². The lowest BCUT2D eigenvalue weighted by Gasteiger charge is -2.24. The minimum atomic E-state index is -0.967. The summed E-state index contributed by atoms with van der Waals surface area (Å²) in [5.41, 5.74) is 2.22. The molecule has 2 amide bonds. The number of allylic oxidation sites excluding steroid dienone is 2. The van der Waals surface area contributed by atoms with Gasteiger partial charge >= 0.3 is 5.97 Å². The molecule has 3 aromatic rings. The molecule has 186 valence electrons. The molecule has 1 aliphatic rings. The molecule has 0 radical (unpaired) electrons. The molecule has 0 fully saturated rings. The van der Waals surface area contributed by atoms with E-state index >= 15 is 0 Å². The fourth-order valence-electron chi connectivity index (χ4n) is 3.83. The summed E-state index contributed by atoms with van der Waals surface area (Å²) in [5.74, 6) is -1.92. The maximum Gasteiger partial charge on any atom is 0.307 e. The van der Waals surface area contributed by atoms with Crippen LogP contribution in [0, 0.1) is 11.8 Å². The van der Waals surface area contributed by atoms with Crippen LogP contribution in [0.4, 0.5) is 10.8 Å². The van der Waals surface area contributed by atoms with Crippen molar-refractivity contribution in [3.8, 4) is 17.0 Å². The number of thioether (sulfide) groups is 1. The molecule has 2 unspecified atom stereocenters. The molecular formula is C26H25N3O5S2. The normalized spacial score (nSPS) is 16.8. The average molecular weight is 524 g/mol. The third-order valence-corrected chi connectivity index (χ3v) is 7.43. The summed E-state index contributed by atoms with van der Waals surface area (Å²) in [6, 6.07) is 14.7. The average Bonchev–Trinajstić information content (AvgIpc) is 3.36. The van der Waals surface area contributed by atoms with E-state index in [0.29, 0.717) is 23.7 Å². The second-order valence-corrected chi connectivity index (χ2v) is 10.0. The van der Waals surface area contributed by atoms with Crippen LogP contribution in [0.2, 0.25) is 0 Å². The summed E-state index contributed by atoms with van der Waals surface area (Å²) in [4.78, 5) is 42.0. The molecule has 1 aromatic heterocycles. The summed E-state index contributed by atoms with van der Waals surface area (Å²) in [6.45, 7) is 0. The lowest BCUT2D eigenvalue weighted by Crippen LogP contribution is -2.34. The Labute approximate surface area is 216 Å². The van der Waals surface area contributed by atoms with Crippen LogP contribution >= 0.6 is 23.1 Å². The van der Waals surface area contributed by atoms with E-state index in [1.807, 2.05) is 41.8 Å². The van der Waals surface area contributed by atoms with Crippen molar-refractivity contribution in [2.45, 2.75) is 17.7 Å². The van der Waals surface area contributed by atoms with Crippen molar-refractivity contribution in [1.29, 1.82) is 0 Å². The van der Waals surface area contributed by atoms with Crippen molar-refractivity contribution < 1.29 is 24.2 Å². The van der Waals surface area contributed by atoms with E-state index in [1.54, 1.807) is 31.4 Å². The molecule has 3 N–H and O–H groups in total. The number of hydrogen-bond donors (Lipinski definition) is 3. The first-order valence-corrected chi connectivity index (χ1v) is 13.1. The van der Waals surface area contributed by atoms with E-state index in [4.69, 9.17) is 4.74 Å².